The first-order valence-corrected chi connectivity index (χ1v) is 20.5. The van der Waals surface area contributed by atoms with Crippen LogP contribution in [0.2, 0.25) is 0 Å². The topological polar surface area (TPSA) is 0 Å². The molecule has 56 heavy (non-hydrogen) atoms. The van der Waals surface area contributed by atoms with E-state index in [-0.39, 0.29) is 10.8 Å². The van der Waals surface area contributed by atoms with Crippen molar-refractivity contribution in [3.63, 3.8) is 0 Å². The van der Waals surface area contributed by atoms with Crippen molar-refractivity contribution in [3.8, 4) is 55.6 Å². The molecule has 3 aliphatic carbocycles. The maximum Gasteiger partial charge on any atom is 0.0215 e. The van der Waals surface area contributed by atoms with E-state index in [0.29, 0.717) is 0 Å². The summed E-state index contributed by atoms with van der Waals surface area (Å²) >= 11 is 0. The molecule has 1 fully saturated rings. The van der Waals surface area contributed by atoms with Crippen molar-refractivity contribution >= 4 is 32.3 Å². The third kappa shape index (κ3) is 4.30. The van der Waals surface area contributed by atoms with Crippen LogP contribution < -0.4 is 0 Å². The minimum atomic E-state index is -0.0378. The average molecular weight is 715 g/mol. The molecule has 0 bridgehead atoms. The van der Waals surface area contributed by atoms with Gasteiger partial charge in [-0.15, -0.1) is 0 Å². The smallest absolute Gasteiger partial charge is 0.0215 e. The van der Waals surface area contributed by atoms with Crippen molar-refractivity contribution < 1.29 is 0 Å². The molecule has 0 amide bonds. The van der Waals surface area contributed by atoms with Crippen LogP contribution in [0.15, 0.2) is 170 Å². The summed E-state index contributed by atoms with van der Waals surface area (Å²) in [5.74, 6) is 0. The maximum atomic E-state index is 2.59. The van der Waals surface area contributed by atoms with Gasteiger partial charge in [-0.25, -0.2) is 0 Å². The molecule has 0 aliphatic heterocycles. The molecule has 1 saturated carbocycles. The van der Waals surface area contributed by atoms with Crippen molar-refractivity contribution in [2.45, 2.75) is 50.4 Å². The SMILES string of the molecule is CC1(C)c2ccccc2-c2cc(-c3c4ccccc4c(-c4ccc5c(c4)C4(CCCC4)c4ccccc4-5)c4ccc(-c5cccc6ccccc56)cc34)ccc21. The molecular weight excluding hydrogens is 673 g/mol. The maximum absolute atomic E-state index is 2.59. The van der Waals surface area contributed by atoms with Gasteiger partial charge in [0.25, 0.3) is 0 Å². The van der Waals surface area contributed by atoms with Gasteiger partial charge >= 0.3 is 0 Å². The summed E-state index contributed by atoms with van der Waals surface area (Å²) in [6.07, 6.45) is 5.04. The summed E-state index contributed by atoms with van der Waals surface area (Å²) in [5.41, 5.74) is 19.3. The molecule has 0 unspecified atom stereocenters. The Labute approximate surface area is 329 Å². The molecule has 9 aromatic rings. The molecular formula is C56H42. The van der Waals surface area contributed by atoms with Crippen LogP contribution in [0.25, 0.3) is 88.0 Å². The lowest BCUT2D eigenvalue weighted by Crippen LogP contribution is -2.20. The molecule has 266 valence electrons. The van der Waals surface area contributed by atoms with Gasteiger partial charge in [0.15, 0.2) is 0 Å². The molecule has 0 atom stereocenters. The van der Waals surface area contributed by atoms with Crippen molar-refractivity contribution in [2.24, 2.45) is 0 Å². The van der Waals surface area contributed by atoms with Crippen molar-refractivity contribution in [1.82, 2.24) is 0 Å². The Morgan fingerprint density at radius 3 is 1.68 bits per heavy atom. The monoisotopic (exact) mass is 714 g/mol. The van der Waals surface area contributed by atoms with Crippen LogP contribution in [-0.4, -0.2) is 0 Å². The lowest BCUT2D eigenvalue weighted by molar-refractivity contribution is 0.550. The fraction of sp³-hybridized carbons (Fsp3) is 0.143. The molecule has 3 aliphatic rings. The van der Waals surface area contributed by atoms with Crippen molar-refractivity contribution in [3.05, 3.63) is 192 Å². The minimum Gasteiger partial charge on any atom is -0.0619 e. The molecule has 12 rings (SSSR count). The summed E-state index contributed by atoms with van der Waals surface area (Å²) < 4.78 is 0. The van der Waals surface area contributed by atoms with Crippen molar-refractivity contribution in [2.75, 3.05) is 0 Å². The molecule has 1 spiro atoms. The second-order valence-corrected chi connectivity index (χ2v) is 17.1. The Kier molecular flexibility index (Phi) is 6.66. The van der Waals surface area contributed by atoms with E-state index in [4.69, 9.17) is 0 Å². The van der Waals surface area contributed by atoms with Crippen LogP contribution in [-0.2, 0) is 10.8 Å². The van der Waals surface area contributed by atoms with E-state index in [1.54, 1.807) is 0 Å². The first-order valence-electron chi connectivity index (χ1n) is 20.5. The number of benzene rings is 9. The summed E-state index contributed by atoms with van der Waals surface area (Å²) in [5, 5.41) is 7.77. The Hall–Kier alpha value is -6.24. The van der Waals surface area contributed by atoms with Crippen LogP contribution in [0, 0.1) is 0 Å². The minimum absolute atomic E-state index is 0.0378. The molecule has 0 heterocycles. The van der Waals surface area contributed by atoms with Crippen LogP contribution in [0.5, 0.6) is 0 Å². The van der Waals surface area contributed by atoms with E-state index in [9.17, 15) is 0 Å². The molecule has 0 nitrogen and oxygen atoms in total. The van der Waals surface area contributed by atoms with Gasteiger partial charge < -0.3 is 0 Å². The highest BCUT2D eigenvalue weighted by atomic mass is 14.5. The van der Waals surface area contributed by atoms with E-state index >= 15 is 0 Å². The predicted octanol–water partition coefficient (Wildman–Crippen LogP) is 15.3. The van der Waals surface area contributed by atoms with E-state index in [2.05, 4.69) is 184 Å². The fourth-order valence-corrected chi connectivity index (χ4v) is 11.4. The summed E-state index contributed by atoms with van der Waals surface area (Å²) in [7, 11) is 0. The lowest BCUT2D eigenvalue weighted by Gasteiger charge is -2.27. The summed E-state index contributed by atoms with van der Waals surface area (Å²) in [6, 6.07) is 65.0. The molecule has 9 aromatic carbocycles. The van der Waals surface area contributed by atoms with Crippen LogP contribution in [0.1, 0.15) is 61.8 Å². The second kappa shape index (κ2) is 11.6. The van der Waals surface area contributed by atoms with Crippen LogP contribution in [0.3, 0.4) is 0 Å². The average Bonchev–Trinajstić information content (AvgIpc) is 3.91. The van der Waals surface area contributed by atoms with Gasteiger partial charge in [0.05, 0.1) is 0 Å². The van der Waals surface area contributed by atoms with E-state index < -0.39 is 0 Å². The largest absolute Gasteiger partial charge is 0.0619 e. The zero-order valence-corrected chi connectivity index (χ0v) is 32.0. The second-order valence-electron chi connectivity index (χ2n) is 17.1. The van der Waals surface area contributed by atoms with Gasteiger partial charge in [0, 0.05) is 10.8 Å². The van der Waals surface area contributed by atoms with E-state index in [1.807, 2.05) is 0 Å². The van der Waals surface area contributed by atoms with Gasteiger partial charge in [-0.05, 0) is 141 Å². The summed E-state index contributed by atoms with van der Waals surface area (Å²) in [4.78, 5) is 0. The van der Waals surface area contributed by atoms with Gasteiger partial charge in [-0.3, -0.25) is 0 Å². The van der Waals surface area contributed by atoms with Gasteiger partial charge in [0.1, 0.15) is 0 Å². The first kappa shape index (κ1) is 32.0. The fourth-order valence-electron chi connectivity index (χ4n) is 11.4. The highest BCUT2D eigenvalue weighted by Gasteiger charge is 2.45. The van der Waals surface area contributed by atoms with Crippen molar-refractivity contribution in [1.29, 1.82) is 0 Å². The first-order chi connectivity index (χ1) is 27.5. The zero-order valence-electron chi connectivity index (χ0n) is 32.0. The highest BCUT2D eigenvalue weighted by molar-refractivity contribution is 6.22. The number of rotatable bonds is 3. The van der Waals surface area contributed by atoms with Gasteiger partial charge in [-0.1, -0.05) is 178 Å². The third-order valence-corrected chi connectivity index (χ3v) is 14.0. The Bertz CT molecular complexity index is 3110. The van der Waals surface area contributed by atoms with E-state index in [1.165, 1.54) is 136 Å². The van der Waals surface area contributed by atoms with Crippen LogP contribution in [0.4, 0.5) is 0 Å². The molecule has 0 aromatic heterocycles. The Morgan fingerprint density at radius 2 is 0.875 bits per heavy atom. The molecule has 0 radical (unpaired) electrons. The normalized spacial score (nSPS) is 15.7. The third-order valence-electron chi connectivity index (χ3n) is 14.0. The van der Waals surface area contributed by atoms with Crippen LogP contribution >= 0.6 is 0 Å². The quantitative estimate of drug-likeness (QED) is 0.160. The molecule has 0 saturated heterocycles. The Balaban J connectivity index is 1.16. The molecule has 0 N–H and O–H groups in total. The van der Waals surface area contributed by atoms with Gasteiger partial charge in [-0.2, -0.15) is 0 Å². The van der Waals surface area contributed by atoms with E-state index in [0.717, 1.165) is 0 Å². The summed E-state index contributed by atoms with van der Waals surface area (Å²) in [6.45, 7) is 4.75. The number of fused-ring (bicyclic) bond motifs is 11. The Morgan fingerprint density at radius 1 is 0.339 bits per heavy atom. The predicted molar refractivity (Wildman–Crippen MR) is 238 cm³/mol. The standard InChI is InChI=1S/C56H42/c1-55(2)49-22-9-7-18-42(49)47-33-37(26-29-50(47)55)54-45-20-6-5-19-44(45)53(46-28-24-36(32-48(46)54)40-21-13-15-35-14-3-4-16-39(35)40)38-25-27-43-41-17-8-10-23-51(41)56(52(43)34-38)30-11-12-31-56/h3-10,13-29,32-34H,11-12,30-31H2,1-2H3. The van der Waals surface area contributed by atoms with Gasteiger partial charge in [0.2, 0.25) is 0 Å². The lowest BCUT2D eigenvalue weighted by atomic mass is 9.76. The number of hydrogen-bond donors (Lipinski definition) is 0. The highest BCUT2D eigenvalue weighted by Crippen LogP contribution is 2.58. The molecule has 0 heteroatoms. The number of hydrogen-bond acceptors (Lipinski definition) is 0. The zero-order chi connectivity index (χ0) is 37.2.